The molecule has 1 aromatic heterocycles. The Bertz CT molecular complexity index is 389. The highest BCUT2D eigenvalue weighted by Crippen LogP contribution is 2.11. The summed E-state index contributed by atoms with van der Waals surface area (Å²) in [5.41, 5.74) is 0.334. The average Bonchev–Trinajstić information content (AvgIpc) is 2.38. The number of carbonyl (C=O) groups is 1. The lowest BCUT2D eigenvalue weighted by atomic mass is 10.0. The normalized spacial score (nSPS) is 12.3. The second-order valence-corrected chi connectivity index (χ2v) is 5.25. The second kappa shape index (κ2) is 7.71. The number of nitrogens with one attached hydrogen (secondary N) is 2. The van der Waals surface area contributed by atoms with Crippen molar-refractivity contribution in [3.8, 4) is 0 Å². The van der Waals surface area contributed by atoms with Gasteiger partial charge < -0.3 is 10.6 Å². The summed E-state index contributed by atoms with van der Waals surface area (Å²) in [5, 5.41) is 13.7. The molecule has 0 saturated heterocycles. The first kappa shape index (κ1) is 15.4. The molecular weight excluding hydrogens is 240 g/mol. The molecule has 106 valence electrons. The maximum Gasteiger partial charge on any atom is 0.271 e. The minimum absolute atomic E-state index is 0.218. The summed E-state index contributed by atoms with van der Waals surface area (Å²) >= 11 is 0. The third-order valence-corrected chi connectivity index (χ3v) is 2.94. The minimum Gasteiger partial charge on any atom is -0.366 e. The Morgan fingerprint density at radius 1 is 1.21 bits per heavy atom. The van der Waals surface area contributed by atoms with Crippen LogP contribution in [0.3, 0.4) is 0 Å². The van der Waals surface area contributed by atoms with E-state index in [1.165, 1.54) is 12.8 Å². The van der Waals surface area contributed by atoms with Gasteiger partial charge in [-0.15, -0.1) is 10.2 Å². The highest BCUT2D eigenvalue weighted by Gasteiger charge is 2.07. The highest BCUT2D eigenvalue weighted by atomic mass is 16.1. The van der Waals surface area contributed by atoms with Crippen LogP contribution in [0.1, 0.15) is 50.5 Å². The summed E-state index contributed by atoms with van der Waals surface area (Å²) in [5.74, 6) is 1.24. The zero-order chi connectivity index (χ0) is 14.3. The van der Waals surface area contributed by atoms with E-state index in [0.717, 1.165) is 12.3 Å². The number of carbonyl (C=O) groups excluding carboxylic acids is 1. The van der Waals surface area contributed by atoms with Crippen molar-refractivity contribution >= 4 is 11.7 Å². The Morgan fingerprint density at radius 3 is 2.47 bits per heavy atom. The van der Waals surface area contributed by atoms with Gasteiger partial charge in [0.15, 0.2) is 5.69 Å². The fraction of sp³-hybridized carbons (Fsp3) is 0.643. The zero-order valence-electron chi connectivity index (χ0n) is 12.2. The second-order valence-electron chi connectivity index (χ2n) is 5.25. The van der Waals surface area contributed by atoms with Crippen molar-refractivity contribution in [3.05, 3.63) is 17.8 Å². The first-order valence-corrected chi connectivity index (χ1v) is 6.85. The van der Waals surface area contributed by atoms with Gasteiger partial charge in [0.2, 0.25) is 0 Å². The highest BCUT2D eigenvalue weighted by molar-refractivity contribution is 5.91. The standard InChI is InChI=1S/C14H24N4O/c1-10(2)6-5-7-11(3)16-13-9-8-12(17-18-13)14(19)15-4/h8-11H,5-7H2,1-4H3,(H,15,19)(H,16,18). The number of hydrogen-bond donors (Lipinski definition) is 2. The lowest BCUT2D eigenvalue weighted by Gasteiger charge is -2.14. The van der Waals surface area contributed by atoms with E-state index in [2.05, 4.69) is 41.6 Å². The molecule has 0 bridgehead atoms. The Morgan fingerprint density at radius 2 is 1.95 bits per heavy atom. The molecule has 1 aromatic rings. The largest absolute Gasteiger partial charge is 0.366 e. The van der Waals surface area contributed by atoms with E-state index in [1.54, 1.807) is 19.2 Å². The van der Waals surface area contributed by atoms with Crippen LogP contribution in [0, 0.1) is 5.92 Å². The molecule has 1 unspecified atom stereocenters. The van der Waals surface area contributed by atoms with Crippen LogP contribution in [0.25, 0.3) is 0 Å². The van der Waals surface area contributed by atoms with Crippen LogP contribution in [0.2, 0.25) is 0 Å². The van der Waals surface area contributed by atoms with Gasteiger partial charge in [0.05, 0.1) is 0 Å². The van der Waals surface area contributed by atoms with Crippen molar-refractivity contribution in [2.75, 3.05) is 12.4 Å². The molecule has 0 aliphatic heterocycles. The smallest absolute Gasteiger partial charge is 0.271 e. The van der Waals surface area contributed by atoms with Crippen LogP contribution in [0.4, 0.5) is 5.82 Å². The molecule has 19 heavy (non-hydrogen) atoms. The molecule has 1 atom stereocenters. The van der Waals surface area contributed by atoms with Gasteiger partial charge in [-0.3, -0.25) is 4.79 Å². The molecule has 1 heterocycles. The first-order chi connectivity index (χ1) is 9.02. The third-order valence-electron chi connectivity index (χ3n) is 2.94. The number of anilines is 1. The first-order valence-electron chi connectivity index (χ1n) is 6.85. The van der Waals surface area contributed by atoms with Gasteiger partial charge >= 0.3 is 0 Å². The molecule has 0 radical (unpaired) electrons. The molecule has 0 fully saturated rings. The van der Waals surface area contributed by atoms with Gasteiger partial charge in [0, 0.05) is 13.1 Å². The van der Waals surface area contributed by atoms with Gasteiger partial charge in [-0.25, -0.2) is 0 Å². The van der Waals surface area contributed by atoms with Gasteiger partial charge in [-0.1, -0.05) is 26.7 Å². The van der Waals surface area contributed by atoms with E-state index in [1.807, 2.05) is 0 Å². The fourth-order valence-electron chi connectivity index (χ4n) is 1.82. The third kappa shape index (κ3) is 5.68. The Balaban J connectivity index is 2.42. The molecule has 0 saturated carbocycles. The van der Waals surface area contributed by atoms with Crippen LogP contribution in [-0.2, 0) is 0 Å². The molecular formula is C14H24N4O. The van der Waals surface area contributed by atoms with E-state index in [-0.39, 0.29) is 5.91 Å². The Labute approximate surface area is 115 Å². The lowest BCUT2D eigenvalue weighted by Crippen LogP contribution is -2.21. The maximum atomic E-state index is 11.3. The average molecular weight is 264 g/mol. The predicted molar refractivity (Wildman–Crippen MR) is 77.2 cm³/mol. The molecule has 1 amide bonds. The Hall–Kier alpha value is -1.65. The molecule has 0 spiro atoms. The maximum absolute atomic E-state index is 11.3. The number of hydrogen-bond acceptors (Lipinski definition) is 4. The summed E-state index contributed by atoms with van der Waals surface area (Å²) in [6.45, 7) is 6.61. The topological polar surface area (TPSA) is 66.9 Å². The zero-order valence-corrected chi connectivity index (χ0v) is 12.2. The predicted octanol–water partition coefficient (Wildman–Crippen LogP) is 2.46. The SMILES string of the molecule is CNC(=O)c1ccc(NC(C)CCCC(C)C)nn1. The molecule has 2 N–H and O–H groups in total. The molecule has 1 rings (SSSR count). The molecule has 5 heteroatoms. The van der Waals surface area contributed by atoms with Crippen LogP contribution in [-0.4, -0.2) is 29.2 Å². The monoisotopic (exact) mass is 264 g/mol. The van der Waals surface area contributed by atoms with Gasteiger partial charge in [0.1, 0.15) is 5.82 Å². The van der Waals surface area contributed by atoms with E-state index >= 15 is 0 Å². The molecule has 0 aromatic carbocycles. The molecule has 5 nitrogen and oxygen atoms in total. The minimum atomic E-state index is -0.218. The fourth-order valence-corrected chi connectivity index (χ4v) is 1.82. The van der Waals surface area contributed by atoms with Crippen LogP contribution in [0.15, 0.2) is 12.1 Å². The van der Waals surface area contributed by atoms with Crippen molar-refractivity contribution in [3.63, 3.8) is 0 Å². The number of amides is 1. The quantitative estimate of drug-likeness (QED) is 0.794. The summed E-state index contributed by atoms with van der Waals surface area (Å²) in [7, 11) is 1.58. The van der Waals surface area contributed by atoms with E-state index in [9.17, 15) is 4.79 Å². The van der Waals surface area contributed by atoms with Crippen molar-refractivity contribution in [1.82, 2.24) is 15.5 Å². The van der Waals surface area contributed by atoms with Crippen molar-refractivity contribution in [2.24, 2.45) is 5.92 Å². The molecule has 0 aliphatic carbocycles. The van der Waals surface area contributed by atoms with E-state index in [4.69, 9.17) is 0 Å². The van der Waals surface area contributed by atoms with Crippen LogP contribution >= 0.6 is 0 Å². The Kier molecular flexibility index (Phi) is 6.25. The van der Waals surface area contributed by atoms with Crippen molar-refractivity contribution < 1.29 is 4.79 Å². The van der Waals surface area contributed by atoms with Gasteiger partial charge in [-0.2, -0.15) is 0 Å². The molecule has 0 aliphatic rings. The lowest BCUT2D eigenvalue weighted by molar-refractivity contribution is 0.0957. The summed E-state index contributed by atoms with van der Waals surface area (Å²) in [4.78, 5) is 11.3. The number of aromatic nitrogens is 2. The van der Waals surface area contributed by atoms with Crippen LogP contribution < -0.4 is 10.6 Å². The summed E-state index contributed by atoms with van der Waals surface area (Å²) < 4.78 is 0. The summed E-state index contributed by atoms with van der Waals surface area (Å²) in [6.07, 6.45) is 3.56. The van der Waals surface area contributed by atoms with Gasteiger partial charge in [0.25, 0.3) is 5.91 Å². The van der Waals surface area contributed by atoms with Gasteiger partial charge in [-0.05, 0) is 31.4 Å². The number of rotatable bonds is 7. The van der Waals surface area contributed by atoms with Crippen molar-refractivity contribution in [2.45, 2.75) is 46.1 Å². The summed E-state index contributed by atoms with van der Waals surface area (Å²) in [6, 6.07) is 3.82. The van der Waals surface area contributed by atoms with E-state index < -0.39 is 0 Å². The van der Waals surface area contributed by atoms with Crippen LogP contribution in [0.5, 0.6) is 0 Å². The van der Waals surface area contributed by atoms with E-state index in [0.29, 0.717) is 17.6 Å². The number of nitrogens with zero attached hydrogens (tertiary/aromatic N) is 2. The van der Waals surface area contributed by atoms with Crippen molar-refractivity contribution in [1.29, 1.82) is 0 Å².